The van der Waals surface area contributed by atoms with Crippen molar-refractivity contribution in [3.63, 3.8) is 0 Å². The van der Waals surface area contributed by atoms with Crippen molar-refractivity contribution in [1.29, 1.82) is 0 Å². The molecule has 6 rings (SSSR count). The van der Waals surface area contributed by atoms with E-state index in [0.29, 0.717) is 15.9 Å². The van der Waals surface area contributed by atoms with Gasteiger partial charge in [-0.15, -0.1) is 16.4 Å². The predicted octanol–water partition coefficient (Wildman–Crippen LogP) is 4.67. The second-order valence-corrected chi connectivity index (χ2v) is 11.9. The molecule has 3 aromatic heterocycles. The van der Waals surface area contributed by atoms with Crippen molar-refractivity contribution in [1.82, 2.24) is 24.2 Å². The summed E-state index contributed by atoms with van der Waals surface area (Å²) in [6, 6.07) is 3.38. The lowest BCUT2D eigenvalue weighted by atomic mass is 9.91. The van der Waals surface area contributed by atoms with Gasteiger partial charge < -0.3 is 10.0 Å². The van der Waals surface area contributed by atoms with Gasteiger partial charge in [-0.25, -0.2) is 13.8 Å². The Hall–Kier alpha value is -3.22. The number of carbonyl (C=O) groups is 1. The highest BCUT2D eigenvalue weighted by Crippen LogP contribution is 2.41. The molecule has 8 nitrogen and oxygen atoms in total. The quantitative estimate of drug-likeness (QED) is 0.331. The lowest BCUT2D eigenvalue weighted by Crippen LogP contribution is -2.50. The molecular weight excluding hydrogens is 579 g/mol. The number of rotatable bonds is 7. The Morgan fingerprint density at radius 3 is 2.68 bits per heavy atom. The zero-order chi connectivity index (χ0) is 28.9. The highest BCUT2D eigenvalue weighted by atomic mass is 35.5. The number of aromatic nitrogens is 4. The number of nitrogens with zero attached hydrogens (tertiary/aromatic N) is 5. The van der Waals surface area contributed by atoms with Crippen LogP contribution in [0, 0.1) is 12.4 Å². The highest BCUT2D eigenvalue weighted by Gasteiger charge is 2.36. The third-order valence-electron chi connectivity index (χ3n) is 7.98. The zero-order valence-electron chi connectivity index (χ0n) is 21.8. The third kappa shape index (κ3) is 5.28. The predicted molar refractivity (Wildman–Crippen MR) is 149 cm³/mol. The van der Waals surface area contributed by atoms with Crippen molar-refractivity contribution in [2.24, 2.45) is 0 Å². The number of thiophene rings is 1. The molecule has 41 heavy (non-hydrogen) atoms. The normalized spacial score (nSPS) is 17.4. The summed E-state index contributed by atoms with van der Waals surface area (Å²) >= 11 is 8.13. The Bertz CT molecular complexity index is 1680. The van der Waals surface area contributed by atoms with Crippen molar-refractivity contribution in [2.45, 2.75) is 56.7 Å². The zero-order valence-corrected chi connectivity index (χ0v) is 23.3. The maximum atomic E-state index is 13.6. The number of benzene rings is 1. The van der Waals surface area contributed by atoms with Crippen LogP contribution in [0.25, 0.3) is 21.3 Å². The van der Waals surface area contributed by atoms with Crippen LogP contribution in [0.1, 0.15) is 36.4 Å². The maximum Gasteiger partial charge on any atom is 0.262 e. The second-order valence-electron chi connectivity index (χ2n) is 10.6. The van der Waals surface area contributed by atoms with E-state index >= 15 is 0 Å². The summed E-state index contributed by atoms with van der Waals surface area (Å²) in [7, 11) is 0. The Morgan fingerprint density at radius 2 is 1.98 bits per heavy atom. The number of hydrogen-bond donors (Lipinski definition) is 1. The lowest BCUT2D eigenvalue weighted by Gasteiger charge is -2.38. The van der Waals surface area contributed by atoms with Crippen LogP contribution in [-0.2, 0) is 24.2 Å². The number of aliphatic hydroxyl groups is 1. The molecule has 1 fully saturated rings. The maximum absolute atomic E-state index is 13.6. The third-order valence-corrected chi connectivity index (χ3v) is 9.42. The van der Waals surface area contributed by atoms with Crippen LogP contribution in [0.5, 0.6) is 0 Å². The molecule has 1 radical (unpaired) electrons. The first-order chi connectivity index (χ1) is 19.6. The second kappa shape index (κ2) is 10.9. The van der Waals surface area contributed by atoms with Gasteiger partial charge >= 0.3 is 0 Å². The molecule has 4 heterocycles. The van der Waals surface area contributed by atoms with E-state index in [1.807, 2.05) is 6.07 Å². The van der Waals surface area contributed by atoms with Crippen LogP contribution in [-0.4, -0.2) is 60.4 Å². The number of alkyl halides is 2. The van der Waals surface area contributed by atoms with Gasteiger partial charge in [-0.3, -0.25) is 18.8 Å². The first-order valence-corrected chi connectivity index (χ1v) is 14.5. The molecule has 1 unspecified atom stereocenters. The number of hydrogen-bond acceptors (Lipinski definition) is 6. The Labute approximate surface area is 242 Å². The molecule has 1 amide bonds. The molecule has 0 saturated carbocycles. The fraction of sp³-hybridized carbons (Fsp3) is 0.393. The molecule has 0 spiro atoms. The van der Waals surface area contributed by atoms with E-state index in [1.54, 1.807) is 5.38 Å². The van der Waals surface area contributed by atoms with E-state index in [2.05, 4.69) is 22.6 Å². The van der Waals surface area contributed by atoms with Gasteiger partial charge in [0.2, 0.25) is 11.9 Å². The monoisotopic (exact) mass is 604 g/mol. The van der Waals surface area contributed by atoms with E-state index in [4.69, 9.17) is 11.6 Å². The van der Waals surface area contributed by atoms with Gasteiger partial charge in [0.15, 0.2) is 0 Å². The number of piperidine rings is 1. The molecule has 2 aliphatic rings. The van der Waals surface area contributed by atoms with E-state index in [0.717, 1.165) is 45.8 Å². The SMILES string of the molecule is O=C(CC(C(F)F)n1ccc(F)n1)N1CCC(O)(Cn2cnc3c(-c4ccc5c(c4Cl)C[CH]C5)scc3c2=O)CC1. The van der Waals surface area contributed by atoms with E-state index in [-0.39, 0.29) is 38.0 Å². The van der Waals surface area contributed by atoms with Gasteiger partial charge in [-0.05, 0) is 43.2 Å². The molecule has 4 aromatic rings. The van der Waals surface area contributed by atoms with E-state index < -0.39 is 36.3 Å². The first-order valence-electron chi connectivity index (χ1n) is 13.2. The highest BCUT2D eigenvalue weighted by molar-refractivity contribution is 7.15. The van der Waals surface area contributed by atoms with Crippen molar-refractivity contribution in [3.05, 3.63) is 75.0 Å². The summed E-state index contributed by atoms with van der Waals surface area (Å²) in [6.45, 7) is 0.226. The standard InChI is InChI=1S/C28H26ClF3N5O3S/c29-23-17-3-1-2-16(17)4-5-18(23)25-24-19(13-41-25)27(39)36(15-33-24)14-28(40)7-10-35(11-8-28)22(38)12-20(26(31)32)37-9-6-21(30)34-37/h1,4-6,9,13,15,20,26,40H,2-3,7-8,10-12,14H2. The average Bonchev–Trinajstić information content (AvgIpc) is 3.69. The minimum Gasteiger partial charge on any atom is -0.388 e. The van der Waals surface area contributed by atoms with Crippen molar-refractivity contribution in [3.8, 4) is 10.4 Å². The smallest absolute Gasteiger partial charge is 0.262 e. The van der Waals surface area contributed by atoms with Crippen LogP contribution < -0.4 is 5.56 Å². The summed E-state index contributed by atoms with van der Waals surface area (Å²) in [5.74, 6) is -1.44. The number of halogens is 4. The van der Waals surface area contributed by atoms with E-state index in [9.17, 15) is 27.9 Å². The molecule has 1 atom stereocenters. The molecule has 0 bridgehead atoms. The molecule has 1 N–H and O–H groups in total. The molecule has 1 aliphatic carbocycles. The largest absolute Gasteiger partial charge is 0.388 e. The molecule has 13 heteroatoms. The summed E-state index contributed by atoms with van der Waals surface area (Å²) in [4.78, 5) is 32.9. The Balaban J connectivity index is 1.15. The topological polar surface area (TPSA) is 93.2 Å². The molecule has 1 aromatic carbocycles. The van der Waals surface area contributed by atoms with Gasteiger partial charge in [-0.1, -0.05) is 23.7 Å². The van der Waals surface area contributed by atoms with Crippen LogP contribution in [0.3, 0.4) is 0 Å². The van der Waals surface area contributed by atoms with Crippen molar-refractivity contribution in [2.75, 3.05) is 13.1 Å². The van der Waals surface area contributed by atoms with E-state index in [1.165, 1.54) is 32.7 Å². The van der Waals surface area contributed by atoms with Gasteiger partial charge in [0.1, 0.15) is 6.04 Å². The summed E-state index contributed by atoms with van der Waals surface area (Å²) in [5, 5.41) is 17.5. The Morgan fingerprint density at radius 1 is 1.20 bits per heavy atom. The number of carbonyl (C=O) groups excluding carboxylic acids is 1. The lowest BCUT2D eigenvalue weighted by molar-refractivity contribution is -0.138. The molecule has 1 aliphatic heterocycles. The Kier molecular flexibility index (Phi) is 7.41. The fourth-order valence-electron chi connectivity index (χ4n) is 5.64. The van der Waals surface area contributed by atoms with Crippen molar-refractivity contribution >= 4 is 39.7 Å². The minimum atomic E-state index is -2.91. The molecule has 1 saturated heterocycles. The molecule has 215 valence electrons. The summed E-state index contributed by atoms with van der Waals surface area (Å²) in [6.07, 6.45) is 3.21. The van der Waals surface area contributed by atoms with Crippen LogP contribution >= 0.6 is 22.9 Å². The minimum absolute atomic E-state index is 0.0242. The first kappa shape index (κ1) is 27.9. The molecular formula is C28H26ClF3N5O3S. The van der Waals surface area contributed by atoms with Crippen LogP contribution in [0.4, 0.5) is 13.2 Å². The summed E-state index contributed by atoms with van der Waals surface area (Å²) < 4.78 is 42.5. The van der Waals surface area contributed by atoms with Crippen LogP contribution in [0.2, 0.25) is 5.02 Å². The van der Waals surface area contributed by atoms with Gasteiger partial charge in [-0.2, -0.15) is 4.39 Å². The number of amides is 1. The average molecular weight is 605 g/mol. The van der Waals surface area contributed by atoms with Gasteiger partial charge in [0.05, 0.1) is 45.7 Å². The summed E-state index contributed by atoms with van der Waals surface area (Å²) in [5.41, 5.74) is 2.12. The van der Waals surface area contributed by atoms with Gasteiger partial charge in [0.25, 0.3) is 12.0 Å². The van der Waals surface area contributed by atoms with Crippen LogP contribution in [0.15, 0.2) is 40.9 Å². The number of likely N-dealkylation sites (tertiary alicyclic amines) is 1. The fourth-order valence-corrected chi connectivity index (χ4v) is 7.08. The van der Waals surface area contributed by atoms with Crippen molar-refractivity contribution < 1.29 is 23.1 Å². The van der Waals surface area contributed by atoms with Gasteiger partial charge in [0, 0.05) is 36.3 Å². The number of fused-ring (bicyclic) bond motifs is 2.